The summed E-state index contributed by atoms with van der Waals surface area (Å²) in [5, 5.41) is -0.566. The SMILES string of the molecule is CCCCCCCCCCCCCOC(=O)C(C)SSC(C)C(=O)OCCCCCCCCCCCCC. The fraction of sp³-hybridized carbons (Fsp3) is 0.938. The highest BCUT2D eigenvalue weighted by Gasteiger charge is 2.21. The van der Waals surface area contributed by atoms with Gasteiger partial charge in [0.1, 0.15) is 10.5 Å². The lowest BCUT2D eigenvalue weighted by Crippen LogP contribution is -2.20. The second kappa shape index (κ2) is 29.6. The highest BCUT2D eigenvalue weighted by atomic mass is 33.1. The molecule has 4 nitrogen and oxygen atoms in total. The second-order valence-electron chi connectivity index (χ2n) is 10.9. The first kappa shape index (κ1) is 37.6. The quantitative estimate of drug-likeness (QED) is 0.0503. The Morgan fingerprint density at radius 2 is 0.684 bits per heavy atom. The predicted octanol–water partition coefficient (Wildman–Crippen LogP) is 10.9. The molecular formula is C32H62O4S2. The maximum atomic E-state index is 12.2. The van der Waals surface area contributed by atoms with E-state index in [1.807, 2.05) is 13.8 Å². The molecular weight excluding hydrogens is 512 g/mol. The molecule has 0 spiro atoms. The van der Waals surface area contributed by atoms with Gasteiger partial charge < -0.3 is 9.47 Å². The van der Waals surface area contributed by atoms with Gasteiger partial charge in [0, 0.05) is 0 Å². The molecule has 6 heteroatoms. The van der Waals surface area contributed by atoms with Crippen LogP contribution >= 0.6 is 21.6 Å². The Morgan fingerprint density at radius 3 is 0.947 bits per heavy atom. The third-order valence-electron chi connectivity index (χ3n) is 6.99. The van der Waals surface area contributed by atoms with Crippen molar-refractivity contribution in [3.05, 3.63) is 0 Å². The van der Waals surface area contributed by atoms with Crippen molar-refractivity contribution in [3.63, 3.8) is 0 Å². The maximum absolute atomic E-state index is 12.2. The van der Waals surface area contributed by atoms with Gasteiger partial charge in [0.25, 0.3) is 0 Å². The minimum atomic E-state index is -0.283. The molecule has 0 N–H and O–H groups in total. The van der Waals surface area contributed by atoms with Crippen LogP contribution in [0.25, 0.3) is 0 Å². The van der Waals surface area contributed by atoms with E-state index < -0.39 is 0 Å². The lowest BCUT2D eigenvalue weighted by atomic mass is 10.1. The van der Waals surface area contributed by atoms with E-state index in [-0.39, 0.29) is 22.4 Å². The number of hydrogen-bond acceptors (Lipinski definition) is 6. The number of carbonyl (C=O) groups is 2. The normalized spacial score (nSPS) is 12.8. The van der Waals surface area contributed by atoms with Gasteiger partial charge in [-0.15, -0.1) is 0 Å². The molecule has 0 saturated carbocycles. The Bertz CT molecular complexity index is 484. The van der Waals surface area contributed by atoms with Crippen LogP contribution in [0.5, 0.6) is 0 Å². The van der Waals surface area contributed by atoms with Gasteiger partial charge in [-0.05, 0) is 26.7 Å². The van der Waals surface area contributed by atoms with Crippen LogP contribution in [0.3, 0.4) is 0 Å². The van der Waals surface area contributed by atoms with Gasteiger partial charge in [0.2, 0.25) is 0 Å². The van der Waals surface area contributed by atoms with Crippen molar-refractivity contribution in [1.29, 1.82) is 0 Å². The Kier molecular flexibility index (Phi) is 29.3. The summed E-state index contributed by atoms with van der Waals surface area (Å²) < 4.78 is 10.9. The second-order valence-corrected chi connectivity index (χ2v) is 13.8. The van der Waals surface area contributed by atoms with Gasteiger partial charge in [-0.2, -0.15) is 0 Å². The van der Waals surface area contributed by atoms with E-state index in [0.29, 0.717) is 13.2 Å². The Balaban J connectivity index is 3.56. The minimum absolute atomic E-state index is 0.184. The Hall–Kier alpha value is -0.360. The molecule has 0 aromatic heterocycles. The summed E-state index contributed by atoms with van der Waals surface area (Å²) in [5.41, 5.74) is 0. The smallest absolute Gasteiger partial charge is 0.319 e. The summed E-state index contributed by atoms with van der Waals surface area (Å²) in [6.45, 7) is 9.23. The van der Waals surface area contributed by atoms with E-state index in [1.165, 1.54) is 137 Å². The van der Waals surface area contributed by atoms with Crippen molar-refractivity contribution < 1.29 is 19.1 Å². The van der Waals surface area contributed by atoms with Crippen LogP contribution in [-0.4, -0.2) is 35.7 Å². The van der Waals surface area contributed by atoms with Crippen LogP contribution in [0.4, 0.5) is 0 Å². The largest absolute Gasteiger partial charge is 0.465 e. The first-order chi connectivity index (χ1) is 18.5. The fourth-order valence-electron chi connectivity index (χ4n) is 4.36. The zero-order valence-corrected chi connectivity index (χ0v) is 27.2. The summed E-state index contributed by atoms with van der Waals surface area (Å²) in [7, 11) is 2.81. The standard InChI is InChI=1S/C32H62O4S2/c1-5-7-9-11-13-15-17-19-21-23-25-27-35-31(33)29(3)37-38-30(4)32(34)36-28-26-24-22-20-18-16-14-12-10-8-6-2/h29-30H,5-28H2,1-4H3. The van der Waals surface area contributed by atoms with Crippen molar-refractivity contribution in [2.75, 3.05) is 13.2 Å². The monoisotopic (exact) mass is 574 g/mol. The molecule has 0 saturated heterocycles. The van der Waals surface area contributed by atoms with Crippen LogP contribution in [0.1, 0.15) is 169 Å². The highest BCUT2D eigenvalue weighted by molar-refractivity contribution is 8.77. The molecule has 226 valence electrons. The number of carbonyl (C=O) groups excluding carboxylic acids is 2. The summed E-state index contributed by atoms with van der Waals surface area (Å²) in [6.07, 6.45) is 28.2. The zero-order chi connectivity index (χ0) is 28.1. The molecule has 0 bridgehead atoms. The summed E-state index contributed by atoms with van der Waals surface area (Å²) in [4.78, 5) is 24.5. The van der Waals surface area contributed by atoms with Crippen molar-refractivity contribution in [2.24, 2.45) is 0 Å². The van der Waals surface area contributed by atoms with Gasteiger partial charge in [0.15, 0.2) is 0 Å². The molecule has 0 aromatic carbocycles. The summed E-state index contributed by atoms with van der Waals surface area (Å²) >= 11 is 0. The summed E-state index contributed by atoms with van der Waals surface area (Å²) in [5.74, 6) is -0.368. The van der Waals surface area contributed by atoms with Gasteiger partial charge in [-0.3, -0.25) is 9.59 Å². The molecule has 38 heavy (non-hydrogen) atoms. The van der Waals surface area contributed by atoms with Crippen molar-refractivity contribution in [1.82, 2.24) is 0 Å². The molecule has 0 radical (unpaired) electrons. The number of hydrogen-bond donors (Lipinski definition) is 0. The first-order valence-corrected chi connectivity index (χ1v) is 18.5. The van der Waals surface area contributed by atoms with Crippen LogP contribution < -0.4 is 0 Å². The van der Waals surface area contributed by atoms with E-state index in [0.717, 1.165) is 25.7 Å². The highest BCUT2D eigenvalue weighted by Crippen LogP contribution is 2.32. The summed E-state index contributed by atoms with van der Waals surface area (Å²) in [6, 6.07) is 0. The number of esters is 2. The van der Waals surface area contributed by atoms with Crippen molar-refractivity contribution in [2.45, 2.75) is 179 Å². The average Bonchev–Trinajstić information content (AvgIpc) is 2.92. The van der Waals surface area contributed by atoms with Crippen molar-refractivity contribution in [3.8, 4) is 0 Å². The third-order valence-corrected chi connectivity index (χ3v) is 10.1. The van der Waals surface area contributed by atoms with E-state index in [1.54, 1.807) is 0 Å². The van der Waals surface area contributed by atoms with Gasteiger partial charge in [-0.25, -0.2) is 0 Å². The molecule has 2 atom stereocenters. The first-order valence-electron chi connectivity index (χ1n) is 16.2. The Labute approximate surface area is 244 Å². The fourth-order valence-corrected chi connectivity index (χ4v) is 6.46. The lowest BCUT2D eigenvalue weighted by molar-refractivity contribution is -0.143. The molecule has 0 aliphatic rings. The topological polar surface area (TPSA) is 52.6 Å². The number of rotatable bonds is 29. The van der Waals surface area contributed by atoms with E-state index in [9.17, 15) is 9.59 Å². The molecule has 0 rings (SSSR count). The van der Waals surface area contributed by atoms with Gasteiger partial charge >= 0.3 is 11.9 Å². The van der Waals surface area contributed by atoms with E-state index in [2.05, 4.69) is 13.8 Å². The van der Waals surface area contributed by atoms with Crippen LogP contribution in [0.15, 0.2) is 0 Å². The number of unbranched alkanes of at least 4 members (excludes halogenated alkanes) is 20. The average molecular weight is 575 g/mol. The third kappa shape index (κ3) is 25.9. The molecule has 0 heterocycles. The molecule has 2 unspecified atom stereocenters. The van der Waals surface area contributed by atoms with Crippen LogP contribution in [-0.2, 0) is 19.1 Å². The molecule has 0 fully saturated rings. The molecule has 0 aliphatic heterocycles. The van der Waals surface area contributed by atoms with Gasteiger partial charge in [-0.1, -0.05) is 164 Å². The predicted molar refractivity (Wildman–Crippen MR) is 169 cm³/mol. The zero-order valence-electron chi connectivity index (χ0n) is 25.6. The lowest BCUT2D eigenvalue weighted by Gasteiger charge is -2.14. The Morgan fingerprint density at radius 1 is 0.447 bits per heavy atom. The number of ether oxygens (including phenoxy) is 2. The maximum Gasteiger partial charge on any atom is 0.319 e. The minimum Gasteiger partial charge on any atom is -0.465 e. The van der Waals surface area contributed by atoms with Crippen LogP contribution in [0, 0.1) is 0 Å². The molecule has 0 amide bonds. The van der Waals surface area contributed by atoms with E-state index >= 15 is 0 Å². The molecule has 0 aromatic rings. The van der Waals surface area contributed by atoms with Crippen molar-refractivity contribution >= 4 is 33.5 Å². The van der Waals surface area contributed by atoms with Gasteiger partial charge in [0.05, 0.1) is 13.2 Å². The van der Waals surface area contributed by atoms with E-state index in [4.69, 9.17) is 9.47 Å². The molecule has 0 aliphatic carbocycles. The van der Waals surface area contributed by atoms with Crippen LogP contribution in [0.2, 0.25) is 0 Å².